The maximum Gasteiger partial charge on any atom is 0.416 e. The molecule has 4 nitrogen and oxygen atoms in total. The molecule has 3 aromatic rings. The molecule has 0 radical (unpaired) electrons. The molecule has 0 unspecified atom stereocenters. The molecule has 0 N–H and O–H groups in total. The predicted molar refractivity (Wildman–Crippen MR) is 91.7 cm³/mol. The van der Waals surface area contributed by atoms with Crippen LogP contribution in [0.25, 0.3) is 22.0 Å². The number of hydrogen-bond donors (Lipinski definition) is 0. The minimum absolute atomic E-state index is 0.180. The fraction of sp³-hybridized carbons (Fsp3) is 0.167. The first-order valence-corrected chi connectivity index (χ1v) is 8.48. The molecule has 3 rings (SSSR count). The Morgan fingerprint density at radius 2 is 2.00 bits per heavy atom. The second kappa shape index (κ2) is 7.25. The number of alkyl halides is 3. The van der Waals surface area contributed by atoms with Crippen LogP contribution in [-0.4, -0.2) is 22.5 Å². The fourth-order valence-corrected chi connectivity index (χ4v) is 3.13. The van der Waals surface area contributed by atoms with Crippen molar-refractivity contribution in [3.8, 4) is 22.0 Å². The Kier molecular flexibility index (Phi) is 5.03. The zero-order valence-electron chi connectivity index (χ0n) is 13.6. The van der Waals surface area contributed by atoms with Crippen molar-refractivity contribution in [2.75, 3.05) is 6.61 Å². The normalized spacial score (nSPS) is 11.4. The molecule has 2 heterocycles. The summed E-state index contributed by atoms with van der Waals surface area (Å²) in [6.07, 6.45) is -2.96. The van der Waals surface area contributed by atoms with Gasteiger partial charge in [-0.3, -0.25) is 0 Å². The summed E-state index contributed by atoms with van der Waals surface area (Å²) in [5, 5.41) is 0. The van der Waals surface area contributed by atoms with E-state index in [-0.39, 0.29) is 18.0 Å². The van der Waals surface area contributed by atoms with Crippen molar-refractivity contribution in [3.05, 3.63) is 59.1 Å². The van der Waals surface area contributed by atoms with Crippen LogP contribution in [0.1, 0.15) is 22.2 Å². The second-order valence-corrected chi connectivity index (χ2v) is 6.31. The van der Waals surface area contributed by atoms with Crippen molar-refractivity contribution in [1.82, 2.24) is 9.97 Å². The number of ether oxygens (including phenoxy) is 1. The van der Waals surface area contributed by atoms with E-state index in [2.05, 4.69) is 9.97 Å². The smallest absolute Gasteiger partial charge is 0.416 e. The summed E-state index contributed by atoms with van der Waals surface area (Å²) in [6.45, 7) is 2.00. The molecule has 0 bridgehead atoms. The van der Waals surface area contributed by atoms with Crippen LogP contribution in [0.3, 0.4) is 0 Å². The first-order chi connectivity index (χ1) is 12.4. The van der Waals surface area contributed by atoms with Gasteiger partial charge in [-0.05, 0) is 37.3 Å². The van der Waals surface area contributed by atoms with Gasteiger partial charge in [0.05, 0.1) is 22.7 Å². The SMILES string of the molecule is CCOC(=O)c1ccc(-c2ccnc(-c3cccc(C(F)(F)F)c3)n2)s1. The molecule has 0 fully saturated rings. The Balaban J connectivity index is 1.93. The van der Waals surface area contributed by atoms with Crippen molar-refractivity contribution >= 4 is 17.3 Å². The van der Waals surface area contributed by atoms with Crippen molar-refractivity contribution in [2.45, 2.75) is 13.1 Å². The minimum atomic E-state index is -4.43. The Morgan fingerprint density at radius 1 is 1.19 bits per heavy atom. The van der Waals surface area contributed by atoms with E-state index in [1.54, 1.807) is 25.1 Å². The van der Waals surface area contributed by atoms with Crippen LogP contribution in [0.15, 0.2) is 48.7 Å². The maximum atomic E-state index is 12.9. The molecule has 2 aromatic heterocycles. The zero-order valence-corrected chi connectivity index (χ0v) is 14.4. The van der Waals surface area contributed by atoms with Gasteiger partial charge in [0, 0.05) is 11.8 Å². The van der Waals surface area contributed by atoms with Gasteiger partial charge in [-0.1, -0.05) is 12.1 Å². The van der Waals surface area contributed by atoms with Crippen molar-refractivity contribution in [2.24, 2.45) is 0 Å². The van der Waals surface area contributed by atoms with Crippen LogP contribution in [0.4, 0.5) is 13.2 Å². The van der Waals surface area contributed by atoms with Gasteiger partial charge < -0.3 is 4.74 Å². The van der Waals surface area contributed by atoms with Gasteiger partial charge in [0.1, 0.15) is 4.88 Å². The van der Waals surface area contributed by atoms with Crippen LogP contribution in [0.2, 0.25) is 0 Å². The minimum Gasteiger partial charge on any atom is -0.462 e. The third-order valence-corrected chi connectivity index (χ3v) is 4.53. The molecule has 1 aromatic carbocycles. The Morgan fingerprint density at radius 3 is 2.73 bits per heavy atom. The van der Waals surface area contributed by atoms with E-state index in [9.17, 15) is 18.0 Å². The van der Waals surface area contributed by atoms with Gasteiger partial charge in [0.2, 0.25) is 0 Å². The van der Waals surface area contributed by atoms with Gasteiger partial charge in [-0.2, -0.15) is 13.2 Å². The lowest BCUT2D eigenvalue weighted by molar-refractivity contribution is -0.137. The number of carbonyl (C=O) groups is 1. The molecule has 0 aliphatic rings. The zero-order chi connectivity index (χ0) is 18.7. The van der Waals surface area contributed by atoms with Crippen LogP contribution >= 0.6 is 11.3 Å². The van der Waals surface area contributed by atoms with Crippen LogP contribution in [0, 0.1) is 0 Å². The molecule has 0 aliphatic heterocycles. The summed E-state index contributed by atoms with van der Waals surface area (Å²) in [5.74, 6) is -0.240. The second-order valence-electron chi connectivity index (χ2n) is 5.23. The van der Waals surface area contributed by atoms with E-state index in [1.807, 2.05) is 0 Å². The summed E-state index contributed by atoms with van der Waals surface area (Å²) >= 11 is 1.20. The Bertz CT molecular complexity index is 938. The van der Waals surface area contributed by atoms with E-state index in [4.69, 9.17) is 4.74 Å². The topological polar surface area (TPSA) is 52.1 Å². The van der Waals surface area contributed by atoms with E-state index in [1.165, 1.54) is 29.7 Å². The van der Waals surface area contributed by atoms with Crippen molar-refractivity contribution < 1.29 is 22.7 Å². The molecule has 0 saturated carbocycles. The number of esters is 1. The van der Waals surface area contributed by atoms with E-state index < -0.39 is 17.7 Å². The number of nitrogens with zero attached hydrogens (tertiary/aromatic N) is 2. The molecule has 0 atom stereocenters. The number of rotatable bonds is 4. The lowest BCUT2D eigenvalue weighted by atomic mass is 10.1. The lowest BCUT2D eigenvalue weighted by Gasteiger charge is -2.08. The summed E-state index contributed by atoms with van der Waals surface area (Å²) in [7, 11) is 0. The van der Waals surface area contributed by atoms with Crippen LogP contribution in [-0.2, 0) is 10.9 Å². The quantitative estimate of drug-likeness (QED) is 0.595. The molecule has 8 heteroatoms. The highest BCUT2D eigenvalue weighted by atomic mass is 32.1. The monoisotopic (exact) mass is 378 g/mol. The van der Waals surface area contributed by atoms with Crippen molar-refractivity contribution in [1.29, 1.82) is 0 Å². The van der Waals surface area contributed by atoms with Crippen LogP contribution < -0.4 is 0 Å². The van der Waals surface area contributed by atoms with Gasteiger partial charge >= 0.3 is 12.1 Å². The van der Waals surface area contributed by atoms with Gasteiger partial charge in [-0.15, -0.1) is 11.3 Å². The molecule has 0 aliphatic carbocycles. The van der Waals surface area contributed by atoms with E-state index in [0.29, 0.717) is 15.4 Å². The third kappa shape index (κ3) is 3.91. The van der Waals surface area contributed by atoms with E-state index >= 15 is 0 Å². The number of benzene rings is 1. The van der Waals surface area contributed by atoms with Crippen molar-refractivity contribution in [3.63, 3.8) is 0 Å². The average Bonchev–Trinajstić information content (AvgIpc) is 3.12. The highest BCUT2D eigenvalue weighted by Crippen LogP contribution is 2.32. The summed E-state index contributed by atoms with van der Waals surface area (Å²) < 4.78 is 43.6. The molecule has 0 amide bonds. The highest BCUT2D eigenvalue weighted by molar-refractivity contribution is 7.17. The molecule has 0 saturated heterocycles. The number of hydrogen-bond acceptors (Lipinski definition) is 5. The molecular formula is C18H13F3N2O2S. The largest absolute Gasteiger partial charge is 0.462 e. The first-order valence-electron chi connectivity index (χ1n) is 7.66. The Hall–Kier alpha value is -2.74. The molecule has 26 heavy (non-hydrogen) atoms. The van der Waals surface area contributed by atoms with Gasteiger partial charge in [-0.25, -0.2) is 14.8 Å². The number of halogens is 3. The predicted octanol–water partition coefficient (Wildman–Crippen LogP) is 5.07. The number of carbonyl (C=O) groups excluding carboxylic acids is 1. The number of thiophene rings is 1. The fourth-order valence-electron chi connectivity index (χ4n) is 2.26. The highest BCUT2D eigenvalue weighted by Gasteiger charge is 2.30. The standard InChI is InChI=1S/C18H13F3N2O2S/c1-2-25-17(24)15-7-6-14(26-15)13-8-9-22-16(23-13)11-4-3-5-12(10-11)18(19,20)21/h3-10H,2H2,1H3. The Labute approximate surface area is 151 Å². The average molecular weight is 378 g/mol. The summed E-state index contributed by atoms with van der Waals surface area (Å²) in [5.41, 5.74) is 0.0292. The first kappa shape index (κ1) is 18.1. The number of aromatic nitrogens is 2. The lowest BCUT2D eigenvalue weighted by Crippen LogP contribution is -2.04. The van der Waals surface area contributed by atoms with Crippen LogP contribution in [0.5, 0.6) is 0 Å². The summed E-state index contributed by atoms with van der Waals surface area (Å²) in [6, 6.07) is 9.83. The molecular weight excluding hydrogens is 365 g/mol. The van der Waals surface area contributed by atoms with Gasteiger partial charge in [0.25, 0.3) is 0 Å². The van der Waals surface area contributed by atoms with Gasteiger partial charge in [0.15, 0.2) is 5.82 Å². The molecule has 134 valence electrons. The van der Waals surface area contributed by atoms with E-state index in [0.717, 1.165) is 12.1 Å². The summed E-state index contributed by atoms with van der Waals surface area (Å²) in [4.78, 5) is 21.3. The third-order valence-electron chi connectivity index (χ3n) is 3.44. The molecule has 0 spiro atoms. The maximum absolute atomic E-state index is 12.9.